The molecule has 8 nitrogen and oxygen atoms in total. The second-order valence-corrected chi connectivity index (χ2v) is 5.89. The molecule has 0 bridgehead atoms. The Morgan fingerprint density at radius 2 is 1.04 bits per heavy atom. The number of aliphatic hydroxyl groups excluding tert-OH is 2. The van der Waals surface area contributed by atoms with Crippen molar-refractivity contribution in [1.29, 1.82) is 0 Å². The molecule has 0 aliphatic rings. The highest BCUT2D eigenvalue weighted by Crippen LogP contribution is 2.05. The van der Waals surface area contributed by atoms with E-state index in [0.29, 0.717) is 51.1 Å². The van der Waals surface area contributed by atoms with Crippen LogP contribution in [0.1, 0.15) is 53.4 Å². The standard InChI is InChI=1S/C6H14O4.2C6H12O2/c7-1-3-9-5-6-10-4-2-8;2*1-3-5(2)4-6(7)8/h7-8H,1-6H2;2*5H,3-4H2,1-2H3,(H,7,8). The first kappa shape index (κ1) is 29.5. The monoisotopic (exact) mass is 382 g/mol. The molecule has 0 aliphatic heterocycles. The quantitative estimate of drug-likeness (QED) is 0.356. The summed E-state index contributed by atoms with van der Waals surface area (Å²) in [5.41, 5.74) is 0. The average molecular weight is 382 g/mol. The van der Waals surface area contributed by atoms with Gasteiger partial charge >= 0.3 is 11.9 Å². The predicted octanol–water partition coefficient (Wildman–Crippen LogP) is 2.02. The van der Waals surface area contributed by atoms with Crippen molar-refractivity contribution in [3.63, 3.8) is 0 Å². The molecule has 26 heavy (non-hydrogen) atoms. The lowest BCUT2D eigenvalue weighted by atomic mass is 10.1. The molecule has 2 atom stereocenters. The van der Waals surface area contributed by atoms with Crippen LogP contribution in [0.4, 0.5) is 0 Å². The summed E-state index contributed by atoms with van der Waals surface area (Å²) >= 11 is 0. The van der Waals surface area contributed by atoms with Gasteiger partial charge in [0.1, 0.15) is 0 Å². The van der Waals surface area contributed by atoms with Crippen molar-refractivity contribution < 1.29 is 39.5 Å². The summed E-state index contributed by atoms with van der Waals surface area (Å²) in [5, 5.41) is 33.0. The molecule has 8 heteroatoms. The molecule has 0 fully saturated rings. The van der Waals surface area contributed by atoms with Crippen LogP contribution in [0.3, 0.4) is 0 Å². The van der Waals surface area contributed by atoms with Crippen molar-refractivity contribution in [1.82, 2.24) is 0 Å². The van der Waals surface area contributed by atoms with Crippen LogP contribution in [0.2, 0.25) is 0 Å². The minimum absolute atomic E-state index is 0.0417. The normalized spacial score (nSPS) is 12.1. The molecule has 0 radical (unpaired) electrons. The van der Waals surface area contributed by atoms with Gasteiger partial charge in [-0.05, 0) is 11.8 Å². The Kier molecular flexibility index (Phi) is 27.0. The maximum atomic E-state index is 9.97. The van der Waals surface area contributed by atoms with Gasteiger partial charge in [-0.3, -0.25) is 9.59 Å². The molecule has 0 aromatic rings. The van der Waals surface area contributed by atoms with Crippen LogP contribution in [0.5, 0.6) is 0 Å². The van der Waals surface area contributed by atoms with E-state index in [1.54, 1.807) is 0 Å². The first-order valence-electron chi connectivity index (χ1n) is 9.05. The van der Waals surface area contributed by atoms with Gasteiger partial charge in [-0.25, -0.2) is 0 Å². The van der Waals surface area contributed by atoms with E-state index in [1.165, 1.54) is 0 Å². The van der Waals surface area contributed by atoms with E-state index in [1.807, 2.05) is 27.7 Å². The van der Waals surface area contributed by atoms with E-state index in [0.717, 1.165) is 12.8 Å². The van der Waals surface area contributed by atoms with Crippen molar-refractivity contribution in [3.05, 3.63) is 0 Å². The molecule has 0 saturated carbocycles. The van der Waals surface area contributed by atoms with Gasteiger partial charge in [0.15, 0.2) is 0 Å². The van der Waals surface area contributed by atoms with E-state index >= 15 is 0 Å². The number of hydrogen-bond acceptors (Lipinski definition) is 6. The van der Waals surface area contributed by atoms with Crippen molar-refractivity contribution in [2.75, 3.05) is 39.6 Å². The molecule has 0 aromatic carbocycles. The Labute approximate surface area is 157 Å². The number of rotatable bonds is 13. The van der Waals surface area contributed by atoms with Gasteiger partial charge in [-0.2, -0.15) is 0 Å². The summed E-state index contributed by atoms with van der Waals surface area (Å²) in [6.45, 7) is 9.59. The third-order valence-corrected chi connectivity index (χ3v) is 3.28. The molecule has 0 heterocycles. The number of carboxylic acids is 2. The van der Waals surface area contributed by atoms with Gasteiger partial charge in [-0.1, -0.05) is 40.5 Å². The van der Waals surface area contributed by atoms with Crippen molar-refractivity contribution in [2.45, 2.75) is 53.4 Å². The Morgan fingerprint density at radius 3 is 1.19 bits per heavy atom. The van der Waals surface area contributed by atoms with E-state index < -0.39 is 11.9 Å². The number of hydrogen-bond donors (Lipinski definition) is 4. The summed E-state index contributed by atoms with van der Waals surface area (Å²) in [6.07, 6.45) is 2.51. The highest BCUT2D eigenvalue weighted by molar-refractivity contribution is 5.67. The summed E-state index contributed by atoms with van der Waals surface area (Å²) < 4.78 is 9.75. The van der Waals surface area contributed by atoms with Crippen LogP contribution in [0, 0.1) is 11.8 Å². The zero-order chi connectivity index (χ0) is 20.8. The fourth-order valence-electron chi connectivity index (χ4n) is 1.34. The van der Waals surface area contributed by atoms with Crippen LogP contribution in [0.15, 0.2) is 0 Å². The number of carboxylic acid groups (broad SMARTS) is 2. The van der Waals surface area contributed by atoms with Gasteiger partial charge < -0.3 is 29.9 Å². The van der Waals surface area contributed by atoms with E-state index in [2.05, 4.69) is 0 Å². The number of aliphatic carboxylic acids is 2. The van der Waals surface area contributed by atoms with Gasteiger partial charge in [0, 0.05) is 12.8 Å². The number of ether oxygens (including phenoxy) is 2. The SMILES string of the molecule is CCC(C)CC(=O)O.CCC(C)CC(=O)O.OCCOCCOCCO. The maximum absolute atomic E-state index is 9.97. The summed E-state index contributed by atoms with van der Waals surface area (Å²) in [7, 11) is 0. The molecule has 0 amide bonds. The van der Waals surface area contributed by atoms with Crippen LogP contribution in [0.25, 0.3) is 0 Å². The molecule has 0 saturated heterocycles. The molecule has 0 rings (SSSR count). The third kappa shape index (κ3) is 34.2. The molecular formula is C18H38O8. The number of carbonyl (C=O) groups is 2. The van der Waals surface area contributed by atoms with Crippen LogP contribution < -0.4 is 0 Å². The van der Waals surface area contributed by atoms with Gasteiger partial charge in [0.2, 0.25) is 0 Å². The van der Waals surface area contributed by atoms with Crippen LogP contribution >= 0.6 is 0 Å². The van der Waals surface area contributed by atoms with Gasteiger partial charge in [0.25, 0.3) is 0 Å². The minimum Gasteiger partial charge on any atom is -0.481 e. The fourth-order valence-corrected chi connectivity index (χ4v) is 1.34. The zero-order valence-corrected chi connectivity index (χ0v) is 16.6. The molecule has 4 N–H and O–H groups in total. The average Bonchev–Trinajstić information content (AvgIpc) is 2.58. The molecule has 0 aromatic heterocycles. The van der Waals surface area contributed by atoms with Crippen LogP contribution in [-0.2, 0) is 19.1 Å². The van der Waals surface area contributed by atoms with E-state index in [9.17, 15) is 9.59 Å². The first-order valence-corrected chi connectivity index (χ1v) is 9.05. The molecule has 158 valence electrons. The van der Waals surface area contributed by atoms with Crippen molar-refractivity contribution in [3.8, 4) is 0 Å². The largest absolute Gasteiger partial charge is 0.481 e. The smallest absolute Gasteiger partial charge is 0.303 e. The molecular weight excluding hydrogens is 344 g/mol. The topological polar surface area (TPSA) is 134 Å². The highest BCUT2D eigenvalue weighted by Gasteiger charge is 2.03. The van der Waals surface area contributed by atoms with E-state index in [4.69, 9.17) is 29.9 Å². The summed E-state index contributed by atoms with van der Waals surface area (Å²) in [6, 6.07) is 0. The van der Waals surface area contributed by atoms with Crippen molar-refractivity contribution in [2.24, 2.45) is 11.8 Å². The minimum atomic E-state index is -0.695. The van der Waals surface area contributed by atoms with Gasteiger partial charge in [-0.15, -0.1) is 0 Å². The van der Waals surface area contributed by atoms with Gasteiger partial charge in [0.05, 0.1) is 39.6 Å². The third-order valence-electron chi connectivity index (χ3n) is 3.28. The molecule has 2 unspecified atom stereocenters. The Bertz CT molecular complexity index is 280. The maximum Gasteiger partial charge on any atom is 0.303 e. The Balaban J connectivity index is -0.000000308. The zero-order valence-electron chi connectivity index (χ0n) is 16.6. The van der Waals surface area contributed by atoms with Crippen molar-refractivity contribution >= 4 is 11.9 Å². The molecule has 0 aliphatic carbocycles. The second-order valence-electron chi connectivity index (χ2n) is 5.89. The Morgan fingerprint density at radius 1 is 0.731 bits per heavy atom. The molecule has 0 spiro atoms. The summed E-state index contributed by atoms with van der Waals surface area (Å²) in [4.78, 5) is 19.9. The summed E-state index contributed by atoms with van der Waals surface area (Å²) in [5.74, 6) is -0.737. The van der Waals surface area contributed by atoms with E-state index in [-0.39, 0.29) is 13.2 Å². The number of aliphatic hydroxyl groups is 2. The highest BCUT2D eigenvalue weighted by atomic mass is 16.5. The fraction of sp³-hybridized carbons (Fsp3) is 0.889. The van der Waals surface area contributed by atoms with Crippen LogP contribution in [-0.4, -0.2) is 72.0 Å². The lowest BCUT2D eigenvalue weighted by molar-refractivity contribution is -0.139. The second kappa shape index (κ2) is 23.8. The first-order chi connectivity index (χ1) is 12.2. The lowest BCUT2D eigenvalue weighted by Crippen LogP contribution is -2.09. The predicted molar refractivity (Wildman–Crippen MR) is 99.2 cm³/mol. The Hall–Kier alpha value is -1.22. The lowest BCUT2D eigenvalue weighted by Gasteiger charge is -2.01.